The molecule has 0 fully saturated rings. The minimum atomic E-state index is -0.516. The van der Waals surface area contributed by atoms with Gasteiger partial charge in [-0.3, -0.25) is 0 Å². The van der Waals surface area contributed by atoms with Crippen molar-refractivity contribution in [2.24, 2.45) is 0 Å². The molecule has 1 aromatic heterocycles. The van der Waals surface area contributed by atoms with Crippen LogP contribution in [0.2, 0.25) is 5.02 Å². The summed E-state index contributed by atoms with van der Waals surface area (Å²) in [5.41, 5.74) is 5.67. The summed E-state index contributed by atoms with van der Waals surface area (Å²) in [4.78, 5) is 8.16. The number of aromatic nitrogens is 2. The van der Waals surface area contributed by atoms with Gasteiger partial charge in [-0.15, -0.1) is 0 Å². The highest BCUT2D eigenvalue weighted by Gasteiger charge is 2.07. The molecule has 5 nitrogen and oxygen atoms in total. The van der Waals surface area contributed by atoms with Crippen LogP contribution in [0.25, 0.3) is 0 Å². The largest absolute Gasteiger partial charge is 0.439 e. The fourth-order valence-corrected chi connectivity index (χ4v) is 1.63. The summed E-state index contributed by atoms with van der Waals surface area (Å²) in [6.45, 7) is 2.65. The number of benzene rings is 1. The molecule has 0 saturated carbocycles. The topological polar surface area (TPSA) is 70.3 Å². The van der Waals surface area contributed by atoms with Crippen molar-refractivity contribution in [2.45, 2.75) is 13.5 Å². The van der Waals surface area contributed by atoms with Crippen molar-refractivity contribution < 1.29 is 13.9 Å². The van der Waals surface area contributed by atoms with E-state index >= 15 is 0 Å². The summed E-state index contributed by atoms with van der Waals surface area (Å²) in [5.74, 6) is 0.762. The van der Waals surface area contributed by atoms with Gasteiger partial charge in [0.2, 0.25) is 5.88 Å². The monoisotopic (exact) mass is 297 g/mol. The molecule has 0 aliphatic heterocycles. The van der Waals surface area contributed by atoms with Crippen LogP contribution in [-0.4, -0.2) is 16.6 Å². The summed E-state index contributed by atoms with van der Waals surface area (Å²) in [6.07, 6.45) is 0. The Balaban J connectivity index is 2.19. The third-order valence-electron chi connectivity index (χ3n) is 2.32. The van der Waals surface area contributed by atoms with Crippen LogP contribution in [0.4, 0.5) is 10.2 Å². The van der Waals surface area contributed by atoms with Crippen molar-refractivity contribution in [3.8, 4) is 11.6 Å². The standard InChI is InChI=1S/C13H13ClFN3O2/c1-2-19-7-12-17-11(16)6-13(18-12)20-8-3-4-10(15)9(14)5-8/h3-6H,2,7H2,1H3,(H2,16,17,18). The number of nitrogens with zero attached hydrogens (tertiary/aromatic N) is 2. The SMILES string of the molecule is CCOCc1nc(N)cc(Oc2ccc(F)c(Cl)c2)n1. The van der Waals surface area contributed by atoms with Gasteiger partial charge in [-0.25, -0.2) is 9.37 Å². The molecule has 0 atom stereocenters. The molecule has 1 heterocycles. The van der Waals surface area contributed by atoms with Gasteiger partial charge >= 0.3 is 0 Å². The van der Waals surface area contributed by atoms with Crippen LogP contribution in [0.15, 0.2) is 24.3 Å². The Hall–Kier alpha value is -1.92. The smallest absolute Gasteiger partial charge is 0.224 e. The maximum absolute atomic E-state index is 13.1. The first-order valence-corrected chi connectivity index (χ1v) is 6.30. The number of nitrogen functional groups attached to an aromatic ring is 1. The molecular weight excluding hydrogens is 285 g/mol. The van der Waals surface area contributed by atoms with Gasteiger partial charge < -0.3 is 15.2 Å². The molecule has 0 unspecified atom stereocenters. The molecule has 0 bridgehead atoms. The van der Waals surface area contributed by atoms with E-state index in [4.69, 9.17) is 26.8 Å². The first-order valence-electron chi connectivity index (χ1n) is 5.92. The van der Waals surface area contributed by atoms with Crippen LogP contribution < -0.4 is 10.5 Å². The molecule has 2 rings (SSSR count). The van der Waals surface area contributed by atoms with Crippen LogP contribution in [0.3, 0.4) is 0 Å². The average molecular weight is 298 g/mol. The van der Waals surface area contributed by atoms with Gasteiger partial charge in [0, 0.05) is 18.7 Å². The van der Waals surface area contributed by atoms with E-state index in [0.717, 1.165) is 0 Å². The third kappa shape index (κ3) is 3.79. The molecule has 106 valence electrons. The van der Waals surface area contributed by atoms with Crippen LogP contribution >= 0.6 is 11.6 Å². The van der Waals surface area contributed by atoms with E-state index in [9.17, 15) is 4.39 Å². The lowest BCUT2D eigenvalue weighted by Crippen LogP contribution is -2.03. The maximum Gasteiger partial charge on any atom is 0.224 e. The lowest BCUT2D eigenvalue weighted by molar-refractivity contribution is 0.128. The van der Waals surface area contributed by atoms with E-state index in [2.05, 4.69) is 9.97 Å². The fraction of sp³-hybridized carbons (Fsp3) is 0.231. The van der Waals surface area contributed by atoms with Crippen LogP contribution in [0, 0.1) is 5.82 Å². The number of halogens is 2. The number of rotatable bonds is 5. The van der Waals surface area contributed by atoms with Gasteiger partial charge in [0.1, 0.15) is 24.0 Å². The van der Waals surface area contributed by atoms with Gasteiger partial charge in [0.05, 0.1) is 5.02 Å². The Labute approximate surface area is 120 Å². The van der Waals surface area contributed by atoms with E-state index in [-0.39, 0.29) is 23.3 Å². The Morgan fingerprint density at radius 1 is 1.30 bits per heavy atom. The minimum Gasteiger partial charge on any atom is -0.439 e. The minimum absolute atomic E-state index is 0.0286. The van der Waals surface area contributed by atoms with E-state index in [1.165, 1.54) is 24.3 Å². The maximum atomic E-state index is 13.1. The molecule has 0 amide bonds. The normalized spacial score (nSPS) is 10.6. The number of hydrogen-bond acceptors (Lipinski definition) is 5. The average Bonchev–Trinajstić information content (AvgIpc) is 2.40. The molecule has 0 aliphatic rings. The molecule has 2 N–H and O–H groups in total. The highest BCUT2D eigenvalue weighted by atomic mass is 35.5. The van der Waals surface area contributed by atoms with Crippen LogP contribution in [0.1, 0.15) is 12.7 Å². The summed E-state index contributed by atoms with van der Waals surface area (Å²) in [6, 6.07) is 5.48. The van der Waals surface area contributed by atoms with Crippen LogP contribution in [-0.2, 0) is 11.3 Å². The molecule has 2 aromatic rings. The number of hydrogen-bond donors (Lipinski definition) is 1. The lowest BCUT2D eigenvalue weighted by Gasteiger charge is -2.08. The second-order valence-corrected chi connectivity index (χ2v) is 4.27. The van der Waals surface area contributed by atoms with E-state index < -0.39 is 5.82 Å². The first kappa shape index (κ1) is 14.5. The predicted molar refractivity (Wildman–Crippen MR) is 73.3 cm³/mol. The fourth-order valence-electron chi connectivity index (χ4n) is 1.46. The molecule has 0 saturated heterocycles. The van der Waals surface area contributed by atoms with Crippen molar-refractivity contribution in [1.29, 1.82) is 0 Å². The van der Waals surface area contributed by atoms with Gasteiger partial charge in [0.15, 0.2) is 5.82 Å². The Bertz CT molecular complexity index is 610. The van der Waals surface area contributed by atoms with Gasteiger partial charge in [0.25, 0.3) is 0 Å². The molecule has 7 heteroatoms. The molecule has 0 spiro atoms. The van der Waals surface area contributed by atoms with E-state index in [0.29, 0.717) is 18.2 Å². The molecule has 1 aromatic carbocycles. The van der Waals surface area contributed by atoms with Crippen molar-refractivity contribution in [1.82, 2.24) is 9.97 Å². The quantitative estimate of drug-likeness (QED) is 0.918. The highest BCUT2D eigenvalue weighted by Crippen LogP contribution is 2.25. The second-order valence-electron chi connectivity index (χ2n) is 3.86. The van der Waals surface area contributed by atoms with Crippen molar-refractivity contribution in [3.05, 3.63) is 40.9 Å². The van der Waals surface area contributed by atoms with Crippen molar-refractivity contribution in [3.63, 3.8) is 0 Å². The summed E-state index contributed by atoms with van der Waals surface area (Å²) < 4.78 is 23.7. The van der Waals surface area contributed by atoms with Gasteiger partial charge in [-0.1, -0.05) is 11.6 Å². The Kier molecular flexibility index (Phi) is 4.70. The predicted octanol–water partition coefficient (Wildman–Crippen LogP) is 3.18. The third-order valence-corrected chi connectivity index (χ3v) is 2.61. The summed E-state index contributed by atoms with van der Waals surface area (Å²) in [5, 5.41) is -0.0286. The van der Waals surface area contributed by atoms with E-state index in [1.807, 2.05) is 6.92 Å². The van der Waals surface area contributed by atoms with Gasteiger partial charge in [-0.2, -0.15) is 4.98 Å². The summed E-state index contributed by atoms with van der Waals surface area (Å²) in [7, 11) is 0. The number of anilines is 1. The van der Waals surface area contributed by atoms with Crippen molar-refractivity contribution in [2.75, 3.05) is 12.3 Å². The zero-order valence-corrected chi connectivity index (χ0v) is 11.5. The Morgan fingerprint density at radius 2 is 2.10 bits per heavy atom. The molecule has 0 radical (unpaired) electrons. The number of ether oxygens (including phenoxy) is 2. The molecular formula is C13H13ClFN3O2. The Morgan fingerprint density at radius 3 is 2.80 bits per heavy atom. The highest BCUT2D eigenvalue weighted by molar-refractivity contribution is 6.30. The summed E-state index contributed by atoms with van der Waals surface area (Å²) >= 11 is 5.68. The van der Waals surface area contributed by atoms with E-state index in [1.54, 1.807) is 0 Å². The molecule has 20 heavy (non-hydrogen) atoms. The van der Waals surface area contributed by atoms with Crippen LogP contribution in [0.5, 0.6) is 11.6 Å². The number of nitrogens with two attached hydrogens (primary N) is 1. The van der Waals surface area contributed by atoms with Crippen molar-refractivity contribution >= 4 is 17.4 Å². The first-order chi connectivity index (χ1) is 9.58. The zero-order valence-electron chi connectivity index (χ0n) is 10.8. The second kappa shape index (κ2) is 6.49. The zero-order chi connectivity index (χ0) is 14.5. The molecule has 0 aliphatic carbocycles. The lowest BCUT2D eigenvalue weighted by atomic mass is 10.3. The van der Waals surface area contributed by atoms with Gasteiger partial charge in [-0.05, 0) is 19.1 Å².